The molecule has 0 N–H and O–H groups in total. The molecule has 3 heterocycles. The number of fused-ring (bicyclic) bond motifs is 4. The molecule has 0 bridgehead atoms. The predicted molar refractivity (Wildman–Crippen MR) is 297 cm³/mol. The fourth-order valence-electron chi connectivity index (χ4n) is 9.98. The van der Waals surface area contributed by atoms with Crippen LogP contribution in [0, 0.1) is 18.8 Å². The van der Waals surface area contributed by atoms with Crippen LogP contribution < -0.4 is 14.5 Å². The summed E-state index contributed by atoms with van der Waals surface area (Å²) in [6.07, 6.45) is 1.91. The van der Waals surface area contributed by atoms with E-state index in [1.54, 1.807) is 0 Å². The Balaban J connectivity index is 0.00000640. The van der Waals surface area contributed by atoms with Crippen LogP contribution in [0.3, 0.4) is 0 Å². The quantitative estimate of drug-likeness (QED) is 0.135. The zero-order valence-electron chi connectivity index (χ0n) is 44.2. The Morgan fingerprint density at radius 2 is 1.03 bits per heavy atom. The van der Waals surface area contributed by atoms with Gasteiger partial charge in [0.25, 0.3) is 0 Å². The van der Waals surface area contributed by atoms with Crippen LogP contribution in [0.4, 0.5) is 22.7 Å². The van der Waals surface area contributed by atoms with Crippen molar-refractivity contribution in [2.75, 3.05) is 9.80 Å². The van der Waals surface area contributed by atoms with Gasteiger partial charge in [-0.25, -0.2) is 4.98 Å². The first kappa shape index (κ1) is 50.5. The van der Waals surface area contributed by atoms with Crippen molar-refractivity contribution in [1.82, 2.24) is 9.55 Å². The zero-order valence-corrected chi connectivity index (χ0v) is 46.5. The van der Waals surface area contributed by atoms with Crippen molar-refractivity contribution in [3.05, 3.63) is 222 Å². The van der Waals surface area contributed by atoms with E-state index in [0.29, 0.717) is 11.5 Å². The molecule has 0 aliphatic carbocycles. The van der Waals surface area contributed by atoms with E-state index in [2.05, 4.69) is 275 Å². The molecule has 2 aromatic heterocycles. The maximum absolute atomic E-state index is 7.05. The van der Waals surface area contributed by atoms with Crippen molar-refractivity contribution in [2.24, 2.45) is 0 Å². The second kappa shape index (κ2) is 18.6. The minimum absolute atomic E-state index is 0. The van der Waals surface area contributed by atoms with Crippen LogP contribution in [0.1, 0.15) is 129 Å². The second-order valence-corrected chi connectivity index (χ2v) is 23.6. The molecule has 0 amide bonds. The van der Waals surface area contributed by atoms with E-state index in [1.807, 2.05) is 12.3 Å². The number of rotatable bonds is 9. The number of nitrogens with zero attached hydrogens (tertiary/aromatic N) is 4. The third-order valence-corrected chi connectivity index (χ3v) is 14.8. The standard InChI is InChI=1S/C66H67N4O.Pt/c1-62(2,3)46-28-31-58-60(39-46)69(43-68(58)51-35-48(64(7,8)9)34-49(36-51)65(10,11)44-22-16-14-17-23-44)52-37-50(66(12,13)45-24-18-15-19-25-45)38-54(41-52)71-53-29-30-56-55-26-20-21-27-57(55)70(59(56)42-53)61-40-47(32-33-67-61)63(4,5)6;/h14-40,43H,1-13H3;/q-3;. The van der Waals surface area contributed by atoms with Gasteiger partial charge in [-0.1, -0.05) is 187 Å². The molecule has 0 radical (unpaired) electrons. The van der Waals surface area contributed by atoms with Gasteiger partial charge in [0.1, 0.15) is 5.82 Å². The number of pyridine rings is 1. The summed E-state index contributed by atoms with van der Waals surface area (Å²) in [4.78, 5) is 9.61. The van der Waals surface area contributed by atoms with Crippen molar-refractivity contribution in [1.29, 1.82) is 0 Å². The van der Waals surface area contributed by atoms with E-state index in [1.165, 1.54) is 33.4 Å². The molecule has 0 unspecified atom stereocenters. The maximum Gasteiger partial charge on any atom is 0.135 e. The van der Waals surface area contributed by atoms with Gasteiger partial charge in [-0.15, -0.1) is 53.6 Å². The van der Waals surface area contributed by atoms with Crippen molar-refractivity contribution >= 4 is 44.6 Å². The molecule has 9 aromatic rings. The van der Waals surface area contributed by atoms with Gasteiger partial charge in [0.2, 0.25) is 0 Å². The van der Waals surface area contributed by atoms with E-state index in [0.717, 1.165) is 55.9 Å². The van der Waals surface area contributed by atoms with Gasteiger partial charge in [0.15, 0.2) is 0 Å². The number of ether oxygens (including phenoxy) is 1. The largest absolute Gasteiger partial charge is 0.509 e. The number of hydrogen-bond donors (Lipinski definition) is 0. The minimum Gasteiger partial charge on any atom is -0.509 e. The third-order valence-electron chi connectivity index (χ3n) is 14.8. The van der Waals surface area contributed by atoms with Crippen LogP contribution >= 0.6 is 0 Å². The van der Waals surface area contributed by atoms with Gasteiger partial charge in [-0.2, -0.15) is 6.07 Å². The third kappa shape index (κ3) is 9.42. The Kier molecular flexibility index (Phi) is 13.0. The van der Waals surface area contributed by atoms with Gasteiger partial charge < -0.3 is 19.1 Å². The first-order valence-electron chi connectivity index (χ1n) is 25.1. The molecular weight excluding hydrogens is 1060 g/mol. The average Bonchev–Trinajstić information content (AvgIpc) is 3.89. The van der Waals surface area contributed by atoms with Crippen molar-refractivity contribution < 1.29 is 25.8 Å². The molecule has 72 heavy (non-hydrogen) atoms. The van der Waals surface area contributed by atoms with Crippen LogP contribution in [0.15, 0.2) is 164 Å². The molecule has 6 heteroatoms. The van der Waals surface area contributed by atoms with Gasteiger partial charge >= 0.3 is 0 Å². The summed E-state index contributed by atoms with van der Waals surface area (Å²) in [5.74, 6) is 2.05. The molecule has 370 valence electrons. The number of aromatic nitrogens is 2. The van der Waals surface area contributed by atoms with Crippen LogP contribution in [-0.2, 0) is 48.1 Å². The molecule has 0 fully saturated rings. The molecule has 10 rings (SSSR count). The van der Waals surface area contributed by atoms with Crippen LogP contribution in [-0.4, -0.2) is 9.55 Å². The smallest absolute Gasteiger partial charge is 0.135 e. The molecule has 0 spiro atoms. The summed E-state index contributed by atoms with van der Waals surface area (Å²) in [7, 11) is 0. The van der Waals surface area contributed by atoms with E-state index in [-0.39, 0.29) is 48.1 Å². The summed E-state index contributed by atoms with van der Waals surface area (Å²) in [5.41, 5.74) is 13.9. The van der Waals surface area contributed by atoms with Crippen molar-refractivity contribution in [2.45, 2.75) is 117 Å². The Morgan fingerprint density at radius 1 is 0.444 bits per heavy atom. The van der Waals surface area contributed by atoms with Gasteiger partial charge in [-0.3, -0.25) is 0 Å². The summed E-state index contributed by atoms with van der Waals surface area (Å²) < 4.78 is 9.27. The molecule has 1 aliphatic heterocycles. The Labute approximate surface area is 443 Å². The Morgan fingerprint density at radius 3 is 1.67 bits per heavy atom. The molecular formula is C66H67N4OPt-3. The predicted octanol–water partition coefficient (Wildman–Crippen LogP) is 17.5. The SMILES string of the molecule is CC(C)(C)c1cc(N2[CH-]N(c3[c-]c(Oc4[c-]c5c(cc4)c4ccccc4n5-c4cc(C(C)(C)C)ccn4)cc(C(C)(C)c4ccccc4)c3)c3cc(C(C)(C)C)ccc32)cc(C(C)(C)c2ccccc2)c1.[Pt]. The van der Waals surface area contributed by atoms with Crippen molar-refractivity contribution in [3.63, 3.8) is 0 Å². The van der Waals surface area contributed by atoms with E-state index >= 15 is 0 Å². The molecule has 5 nitrogen and oxygen atoms in total. The molecule has 0 saturated heterocycles. The van der Waals surface area contributed by atoms with Crippen LogP contribution in [0.2, 0.25) is 0 Å². The van der Waals surface area contributed by atoms with Crippen molar-refractivity contribution in [3.8, 4) is 17.3 Å². The average molecular weight is 1130 g/mol. The topological polar surface area (TPSA) is 33.5 Å². The summed E-state index contributed by atoms with van der Waals surface area (Å²) >= 11 is 0. The Hall–Kier alpha value is -6.42. The number of hydrogen-bond acceptors (Lipinski definition) is 4. The number of anilines is 4. The maximum atomic E-state index is 7.05. The number of para-hydroxylation sites is 1. The van der Waals surface area contributed by atoms with E-state index in [9.17, 15) is 0 Å². The molecule has 7 aromatic carbocycles. The number of benzene rings is 7. The van der Waals surface area contributed by atoms with E-state index < -0.39 is 0 Å². The monoisotopic (exact) mass is 1130 g/mol. The first-order chi connectivity index (χ1) is 33.6. The summed E-state index contributed by atoms with van der Waals surface area (Å²) in [5, 5.41) is 2.23. The van der Waals surface area contributed by atoms with Gasteiger partial charge in [0, 0.05) is 66.8 Å². The van der Waals surface area contributed by atoms with E-state index in [4.69, 9.17) is 9.72 Å². The first-order valence-corrected chi connectivity index (χ1v) is 25.1. The normalized spacial score (nSPS) is 13.4. The summed E-state index contributed by atoms with van der Waals surface area (Å²) in [6, 6.07) is 64.7. The second-order valence-electron chi connectivity index (χ2n) is 23.6. The Bertz CT molecular complexity index is 3440. The van der Waals surface area contributed by atoms with Gasteiger partial charge in [-0.05, 0) is 103 Å². The van der Waals surface area contributed by atoms with Crippen LogP contribution in [0.25, 0.3) is 27.6 Å². The minimum atomic E-state index is -0.387. The van der Waals surface area contributed by atoms with Gasteiger partial charge in [0.05, 0.1) is 0 Å². The van der Waals surface area contributed by atoms with Crippen LogP contribution in [0.5, 0.6) is 11.5 Å². The fourth-order valence-corrected chi connectivity index (χ4v) is 9.98. The molecule has 0 atom stereocenters. The fraction of sp³-hybridized carbons (Fsp3) is 0.273. The summed E-state index contributed by atoms with van der Waals surface area (Å²) in [6.45, 7) is 32.0. The zero-order chi connectivity index (χ0) is 50.3. The molecule has 0 saturated carbocycles. The molecule has 1 aliphatic rings.